The van der Waals surface area contributed by atoms with Gasteiger partial charge in [-0.15, -0.1) is 0 Å². The molecule has 0 saturated carbocycles. The molecule has 0 radical (unpaired) electrons. The number of rotatable bonds is 13. The van der Waals surface area contributed by atoms with Crippen molar-refractivity contribution in [3.63, 3.8) is 0 Å². The maximum absolute atomic E-state index is 12.4. The lowest BCUT2D eigenvalue weighted by atomic mass is 9.85. The Bertz CT molecular complexity index is 4360. The van der Waals surface area contributed by atoms with Crippen LogP contribution in [0.25, 0.3) is 32.3 Å². The highest BCUT2D eigenvalue weighted by atomic mass is 16.1. The Morgan fingerprint density at radius 3 is 1.07 bits per heavy atom. The number of hydrogen-bond acceptors (Lipinski definition) is 3. The molecule has 6 aromatic heterocycles. The van der Waals surface area contributed by atoms with Gasteiger partial charge in [0, 0.05) is 85.5 Å². The largest absolute Gasteiger partial charge is 0.364 e. The minimum atomic E-state index is 0.00176. The first-order valence-electron chi connectivity index (χ1n) is 28.9. The van der Waals surface area contributed by atoms with Gasteiger partial charge in [-0.05, 0) is 191 Å². The fourth-order valence-electron chi connectivity index (χ4n) is 13.5. The Morgan fingerprint density at radius 1 is 0.361 bits per heavy atom. The first-order chi connectivity index (χ1) is 39.9. The molecule has 3 unspecified atom stereocenters. The average Bonchev–Trinajstić information content (AvgIpc) is 4.56. The summed E-state index contributed by atoms with van der Waals surface area (Å²) in [7, 11) is 0. The molecule has 0 fully saturated rings. The molecule has 420 valence electrons. The van der Waals surface area contributed by atoms with E-state index in [9.17, 15) is 14.4 Å². The standard InChI is InChI=1S/C27H30N2O.C24H24N2O.C23H22N2O/c1-7-21-15(2)26(28-17(21)4)25(27-16(3)24(19(6)30)18(5)29-27)23-14-10-12-20-11-8-9-13-22(20)23;1-14-12-13-21(25-14)23(24-15(2)22(17(4)27)16(3)26-24)20-11-7-9-18-8-5-6-10-19(18)20;1-14-21(16(3)26)15(2)25-23(14)22(20-12-7-13-24-20)19-11-6-9-17-8-4-5-10-18(17)19/h8-14,25,28-29H,7H2,1-6H3;5-13,23,25-26H,1-4H3;4-13,22,24-25H,1-3H3. The maximum Gasteiger partial charge on any atom is 0.161 e. The number of carbonyl (C=O) groups is 3. The van der Waals surface area contributed by atoms with E-state index < -0.39 is 0 Å². The Kier molecular flexibility index (Phi) is 16.3. The molecule has 0 saturated heterocycles. The smallest absolute Gasteiger partial charge is 0.161 e. The summed E-state index contributed by atoms with van der Waals surface area (Å²) in [6, 6.07) is 53.2. The van der Waals surface area contributed by atoms with E-state index >= 15 is 0 Å². The molecule has 0 aliphatic carbocycles. The molecule has 0 aliphatic rings. The highest BCUT2D eigenvalue weighted by Crippen LogP contribution is 2.43. The zero-order valence-electron chi connectivity index (χ0n) is 50.2. The molecule has 0 amide bonds. The molecule has 0 spiro atoms. The van der Waals surface area contributed by atoms with Gasteiger partial charge in [-0.25, -0.2) is 0 Å². The summed E-state index contributed by atoms with van der Waals surface area (Å²) in [6.45, 7) is 25.7. The summed E-state index contributed by atoms with van der Waals surface area (Å²) in [5.74, 6) is 0.344. The number of hydrogen-bond donors (Lipinski definition) is 6. The van der Waals surface area contributed by atoms with Crippen molar-refractivity contribution in [1.82, 2.24) is 29.9 Å². The second-order valence-electron chi connectivity index (χ2n) is 22.5. The summed E-state index contributed by atoms with van der Waals surface area (Å²) in [6.07, 6.45) is 2.95. The second-order valence-corrected chi connectivity index (χ2v) is 22.5. The molecular formula is C74H76N6O3. The number of aromatic nitrogens is 6. The molecule has 6 N–H and O–H groups in total. The molecular weight excluding hydrogens is 1020 g/mol. The van der Waals surface area contributed by atoms with Crippen LogP contribution < -0.4 is 0 Å². The highest BCUT2D eigenvalue weighted by Gasteiger charge is 2.31. The zero-order chi connectivity index (χ0) is 59.0. The molecule has 0 aliphatic heterocycles. The van der Waals surface area contributed by atoms with Crippen molar-refractivity contribution in [3.8, 4) is 0 Å². The van der Waals surface area contributed by atoms with E-state index in [4.69, 9.17) is 0 Å². The van der Waals surface area contributed by atoms with Gasteiger partial charge in [-0.1, -0.05) is 134 Å². The van der Waals surface area contributed by atoms with E-state index in [-0.39, 0.29) is 35.1 Å². The maximum atomic E-state index is 12.4. The van der Waals surface area contributed by atoms with Gasteiger partial charge >= 0.3 is 0 Å². The van der Waals surface area contributed by atoms with Crippen LogP contribution in [0, 0.1) is 62.3 Å². The van der Waals surface area contributed by atoms with E-state index in [1.54, 1.807) is 20.8 Å². The molecule has 6 aromatic carbocycles. The van der Waals surface area contributed by atoms with Gasteiger partial charge in [0.05, 0.1) is 17.8 Å². The fraction of sp³-hybridized carbons (Fsp3) is 0.230. The first kappa shape index (κ1) is 57.0. The van der Waals surface area contributed by atoms with Crippen LogP contribution in [0.2, 0.25) is 0 Å². The van der Waals surface area contributed by atoms with Crippen molar-refractivity contribution in [2.45, 2.75) is 114 Å². The molecule has 12 aromatic rings. The third kappa shape index (κ3) is 10.8. The van der Waals surface area contributed by atoms with E-state index in [2.05, 4.69) is 210 Å². The van der Waals surface area contributed by atoms with Gasteiger partial charge in [-0.3, -0.25) is 14.4 Å². The number of aromatic amines is 6. The predicted octanol–water partition coefficient (Wildman–Crippen LogP) is 18.0. The lowest BCUT2D eigenvalue weighted by Gasteiger charge is -2.21. The Morgan fingerprint density at radius 2 is 0.723 bits per heavy atom. The SMILES string of the molecule is CC(=O)c1c(C)[nH]c(C(c2ccc(C)[nH]2)c2cccc3ccccc23)c1C.CC(=O)c1c(C)[nH]c(C(c2ccc[nH]2)c2cccc3ccccc23)c1C.CCc1c(C)[nH]c(C(c2[nH]c(C)c(C(C)=O)c2C)c2cccc3ccccc23)c1C. The quantitative estimate of drug-likeness (QED) is 0.0639. The Hall–Kier alpha value is -9.21. The van der Waals surface area contributed by atoms with Crippen LogP contribution in [0.3, 0.4) is 0 Å². The summed E-state index contributed by atoms with van der Waals surface area (Å²) in [4.78, 5) is 57.9. The normalized spacial score (nSPS) is 12.4. The van der Waals surface area contributed by atoms with Gasteiger partial charge < -0.3 is 29.9 Å². The number of Topliss-reactive ketones (excluding diaryl/α,β-unsaturated/α-hetero) is 3. The van der Waals surface area contributed by atoms with Crippen LogP contribution in [0.15, 0.2) is 158 Å². The predicted molar refractivity (Wildman–Crippen MR) is 341 cm³/mol. The molecule has 0 bridgehead atoms. The van der Waals surface area contributed by atoms with Crippen molar-refractivity contribution >= 4 is 49.7 Å². The number of carbonyl (C=O) groups excluding carboxylic acids is 3. The molecule has 6 heterocycles. The number of H-pyrrole nitrogens is 6. The minimum Gasteiger partial charge on any atom is -0.364 e. The molecule has 9 nitrogen and oxygen atoms in total. The van der Waals surface area contributed by atoms with Crippen LogP contribution in [0.4, 0.5) is 0 Å². The van der Waals surface area contributed by atoms with Crippen molar-refractivity contribution < 1.29 is 14.4 Å². The van der Waals surface area contributed by atoms with Crippen molar-refractivity contribution in [3.05, 3.63) is 282 Å². The van der Waals surface area contributed by atoms with Crippen LogP contribution in [-0.4, -0.2) is 47.3 Å². The number of aryl methyl sites for hydroxylation is 5. The Labute approximate surface area is 487 Å². The van der Waals surface area contributed by atoms with E-state index in [1.807, 2.05) is 46.9 Å². The van der Waals surface area contributed by atoms with Gasteiger partial charge in [0.1, 0.15) is 0 Å². The van der Waals surface area contributed by atoms with E-state index in [1.165, 1.54) is 71.5 Å². The third-order valence-corrected chi connectivity index (χ3v) is 17.1. The zero-order valence-corrected chi connectivity index (χ0v) is 50.2. The summed E-state index contributed by atoms with van der Waals surface area (Å²) in [5, 5.41) is 7.36. The van der Waals surface area contributed by atoms with Gasteiger partial charge in [-0.2, -0.15) is 0 Å². The highest BCUT2D eigenvalue weighted by molar-refractivity contribution is 5.99. The number of nitrogens with one attached hydrogen (secondary N) is 6. The first-order valence-corrected chi connectivity index (χ1v) is 28.9. The van der Waals surface area contributed by atoms with Crippen molar-refractivity contribution in [2.24, 2.45) is 0 Å². The fourth-order valence-corrected chi connectivity index (χ4v) is 13.5. The van der Waals surface area contributed by atoms with Gasteiger partial charge in [0.15, 0.2) is 17.3 Å². The molecule has 12 rings (SSSR count). The van der Waals surface area contributed by atoms with Gasteiger partial charge in [0.25, 0.3) is 0 Å². The van der Waals surface area contributed by atoms with Crippen LogP contribution in [0.5, 0.6) is 0 Å². The molecule has 9 heteroatoms. The molecule has 3 atom stereocenters. The van der Waals surface area contributed by atoms with E-state index in [0.717, 1.165) is 91.0 Å². The number of benzene rings is 6. The molecule has 83 heavy (non-hydrogen) atoms. The summed E-state index contributed by atoms with van der Waals surface area (Å²) >= 11 is 0. The topological polar surface area (TPSA) is 146 Å². The van der Waals surface area contributed by atoms with E-state index in [0.29, 0.717) is 0 Å². The summed E-state index contributed by atoms with van der Waals surface area (Å²) < 4.78 is 0. The van der Waals surface area contributed by atoms with Crippen LogP contribution in [-0.2, 0) is 6.42 Å². The lowest BCUT2D eigenvalue weighted by Crippen LogP contribution is -2.09. The number of ketones is 3. The van der Waals surface area contributed by atoms with Crippen LogP contribution in [0.1, 0.15) is 184 Å². The van der Waals surface area contributed by atoms with Gasteiger partial charge in [0.2, 0.25) is 0 Å². The Balaban J connectivity index is 0.000000139. The van der Waals surface area contributed by atoms with Crippen molar-refractivity contribution in [2.75, 3.05) is 0 Å². The van der Waals surface area contributed by atoms with Crippen molar-refractivity contribution in [1.29, 1.82) is 0 Å². The third-order valence-electron chi connectivity index (χ3n) is 17.1. The monoisotopic (exact) mass is 1100 g/mol. The summed E-state index contributed by atoms with van der Waals surface area (Å²) in [5.41, 5.74) is 23.8. The van der Waals surface area contributed by atoms with Crippen LogP contribution >= 0.6 is 0 Å². The lowest BCUT2D eigenvalue weighted by molar-refractivity contribution is 0.100. The second kappa shape index (κ2) is 23.7. The minimum absolute atomic E-state index is 0.00176. The average molecular weight is 1100 g/mol. The number of fused-ring (bicyclic) bond motifs is 3.